The summed E-state index contributed by atoms with van der Waals surface area (Å²) in [5.41, 5.74) is 3.60. The number of aryl methyl sites for hydroxylation is 1. The maximum absolute atomic E-state index is 12.7. The average Bonchev–Trinajstić information content (AvgIpc) is 2.61. The van der Waals surface area contributed by atoms with E-state index < -0.39 is 0 Å². The highest BCUT2D eigenvalue weighted by molar-refractivity contribution is 5.89. The van der Waals surface area contributed by atoms with Gasteiger partial charge in [0.05, 0.1) is 6.04 Å². The van der Waals surface area contributed by atoms with E-state index in [1.54, 1.807) is 11.8 Å². The Morgan fingerprint density at radius 3 is 2.38 bits per heavy atom. The highest BCUT2D eigenvalue weighted by Gasteiger charge is 2.32. The molecule has 0 N–H and O–H groups in total. The molecule has 1 aliphatic heterocycles. The molecule has 0 fully saturated rings. The monoisotopic (exact) mass is 321 g/mol. The van der Waals surface area contributed by atoms with Gasteiger partial charge in [0.25, 0.3) is 0 Å². The lowest BCUT2D eigenvalue weighted by Gasteiger charge is -2.35. The number of rotatable bonds is 5. The molecule has 0 aliphatic carbocycles. The number of ketones is 1. The number of benzene rings is 2. The summed E-state index contributed by atoms with van der Waals surface area (Å²) in [6, 6.07) is 18.0. The Kier molecular flexibility index (Phi) is 5.09. The van der Waals surface area contributed by atoms with Crippen LogP contribution in [0, 0.1) is 0 Å². The Bertz CT molecular complexity index is 724. The van der Waals surface area contributed by atoms with Gasteiger partial charge >= 0.3 is 0 Å². The SMILES string of the molecule is CC(=O)N1Cc2ccccc2CC1C(=O)CCCc1ccccc1. The van der Waals surface area contributed by atoms with Gasteiger partial charge in [0.15, 0.2) is 5.78 Å². The Morgan fingerprint density at radius 1 is 1.00 bits per heavy atom. The van der Waals surface area contributed by atoms with E-state index in [1.165, 1.54) is 11.1 Å². The fourth-order valence-electron chi connectivity index (χ4n) is 3.42. The molecule has 0 spiro atoms. The summed E-state index contributed by atoms with van der Waals surface area (Å²) in [5, 5.41) is 0. The first-order valence-corrected chi connectivity index (χ1v) is 8.56. The molecule has 0 saturated carbocycles. The second kappa shape index (κ2) is 7.43. The van der Waals surface area contributed by atoms with Gasteiger partial charge in [0.2, 0.25) is 5.91 Å². The molecule has 1 unspecified atom stereocenters. The van der Waals surface area contributed by atoms with Crippen molar-refractivity contribution in [2.45, 2.75) is 45.2 Å². The number of carbonyl (C=O) groups excluding carboxylic acids is 2. The minimum atomic E-state index is -0.312. The lowest BCUT2D eigenvalue weighted by molar-refractivity contribution is -0.139. The number of Topliss-reactive ketones (excluding diaryl/α,β-unsaturated/α-hetero) is 1. The molecule has 0 radical (unpaired) electrons. The number of hydrogen-bond acceptors (Lipinski definition) is 2. The van der Waals surface area contributed by atoms with Crippen LogP contribution in [0.4, 0.5) is 0 Å². The van der Waals surface area contributed by atoms with Gasteiger partial charge in [-0.3, -0.25) is 9.59 Å². The van der Waals surface area contributed by atoms with Crippen LogP contribution in [0.5, 0.6) is 0 Å². The first kappa shape index (κ1) is 16.4. The van der Waals surface area contributed by atoms with Crippen molar-refractivity contribution in [3.8, 4) is 0 Å². The summed E-state index contributed by atoms with van der Waals surface area (Å²) < 4.78 is 0. The third-order valence-corrected chi connectivity index (χ3v) is 4.76. The molecular weight excluding hydrogens is 298 g/mol. The number of nitrogens with zero attached hydrogens (tertiary/aromatic N) is 1. The summed E-state index contributed by atoms with van der Waals surface area (Å²) in [6.45, 7) is 2.10. The molecule has 3 nitrogen and oxygen atoms in total. The Balaban J connectivity index is 1.65. The van der Waals surface area contributed by atoms with Crippen molar-refractivity contribution in [1.29, 1.82) is 0 Å². The summed E-state index contributed by atoms with van der Waals surface area (Å²) in [7, 11) is 0. The van der Waals surface area contributed by atoms with Gasteiger partial charge in [0.1, 0.15) is 0 Å². The average molecular weight is 321 g/mol. The fourth-order valence-corrected chi connectivity index (χ4v) is 3.42. The van der Waals surface area contributed by atoms with Gasteiger partial charge in [-0.1, -0.05) is 54.6 Å². The Morgan fingerprint density at radius 2 is 1.67 bits per heavy atom. The quantitative estimate of drug-likeness (QED) is 0.844. The molecule has 3 rings (SSSR count). The second-order valence-electron chi connectivity index (χ2n) is 6.44. The number of fused-ring (bicyclic) bond motifs is 1. The van der Waals surface area contributed by atoms with E-state index in [1.807, 2.05) is 36.4 Å². The highest BCUT2D eigenvalue weighted by Crippen LogP contribution is 2.25. The third kappa shape index (κ3) is 3.73. The summed E-state index contributed by atoms with van der Waals surface area (Å²) in [4.78, 5) is 26.4. The van der Waals surface area contributed by atoms with E-state index in [2.05, 4.69) is 18.2 Å². The Labute approximate surface area is 143 Å². The van der Waals surface area contributed by atoms with E-state index >= 15 is 0 Å². The first-order valence-electron chi connectivity index (χ1n) is 8.56. The fraction of sp³-hybridized carbons (Fsp3) is 0.333. The van der Waals surface area contributed by atoms with Crippen LogP contribution in [0.15, 0.2) is 54.6 Å². The number of carbonyl (C=O) groups is 2. The van der Waals surface area contributed by atoms with Gasteiger partial charge in [-0.2, -0.15) is 0 Å². The zero-order valence-electron chi connectivity index (χ0n) is 14.1. The molecule has 0 aromatic heterocycles. The smallest absolute Gasteiger partial charge is 0.220 e. The van der Waals surface area contributed by atoms with Gasteiger partial charge in [0, 0.05) is 26.3 Å². The molecule has 1 aliphatic rings. The molecular formula is C21H23NO2. The van der Waals surface area contributed by atoms with Crippen LogP contribution in [0.3, 0.4) is 0 Å². The van der Waals surface area contributed by atoms with Crippen molar-refractivity contribution in [2.75, 3.05) is 0 Å². The van der Waals surface area contributed by atoms with Crippen LogP contribution >= 0.6 is 0 Å². The maximum atomic E-state index is 12.7. The number of hydrogen-bond donors (Lipinski definition) is 0. The highest BCUT2D eigenvalue weighted by atomic mass is 16.2. The predicted octanol–water partition coefficient (Wildman–Crippen LogP) is 3.55. The standard InChI is InChI=1S/C21H23NO2/c1-16(23)22-15-19-12-6-5-11-18(19)14-20(22)21(24)13-7-10-17-8-3-2-4-9-17/h2-6,8-9,11-12,20H,7,10,13-15H2,1H3. The van der Waals surface area contributed by atoms with Crippen molar-refractivity contribution in [1.82, 2.24) is 4.90 Å². The van der Waals surface area contributed by atoms with Gasteiger partial charge in [-0.15, -0.1) is 0 Å². The molecule has 1 atom stereocenters. The lowest BCUT2D eigenvalue weighted by Crippen LogP contribution is -2.47. The van der Waals surface area contributed by atoms with Crippen molar-refractivity contribution < 1.29 is 9.59 Å². The largest absolute Gasteiger partial charge is 0.328 e. The van der Waals surface area contributed by atoms with E-state index in [4.69, 9.17) is 0 Å². The van der Waals surface area contributed by atoms with Gasteiger partial charge in [-0.05, 0) is 29.5 Å². The summed E-state index contributed by atoms with van der Waals surface area (Å²) in [6.07, 6.45) is 2.88. The first-order chi connectivity index (χ1) is 11.6. The van der Waals surface area contributed by atoms with Crippen molar-refractivity contribution in [3.63, 3.8) is 0 Å². The zero-order valence-corrected chi connectivity index (χ0v) is 14.1. The molecule has 124 valence electrons. The molecule has 3 heteroatoms. The molecule has 1 heterocycles. The minimum Gasteiger partial charge on any atom is -0.328 e. The van der Waals surface area contributed by atoms with Crippen LogP contribution in [0.1, 0.15) is 36.5 Å². The van der Waals surface area contributed by atoms with Crippen molar-refractivity contribution in [3.05, 3.63) is 71.3 Å². The lowest BCUT2D eigenvalue weighted by atomic mass is 9.90. The van der Waals surface area contributed by atoms with Crippen LogP contribution in [0.25, 0.3) is 0 Å². The Hall–Kier alpha value is -2.42. The van der Waals surface area contributed by atoms with Gasteiger partial charge in [-0.25, -0.2) is 0 Å². The van der Waals surface area contributed by atoms with E-state index in [9.17, 15) is 9.59 Å². The summed E-state index contributed by atoms with van der Waals surface area (Å²) in [5.74, 6) is 0.154. The van der Waals surface area contributed by atoms with E-state index in [0.29, 0.717) is 19.4 Å². The molecule has 2 aromatic rings. The topological polar surface area (TPSA) is 37.4 Å². The van der Waals surface area contributed by atoms with Crippen LogP contribution in [-0.2, 0) is 29.0 Å². The molecule has 0 bridgehead atoms. The summed E-state index contributed by atoms with van der Waals surface area (Å²) >= 11 is 0. The van der Waals surface area contributed by atoms with Crippen molar-refractivity contribution in [2.24, 2.45) is 0 Å². The second-order valence-corrected chi connectivity index (χ2v) is 6.44. The predicted molar refractivity (Wildman–Crippen MR) is 94.5 cm³/mol. The van der Waals surface area contributed by atoms with Crippen LogP contribution < -0.4 is 0 Å². The van der Waals surface area contributed by atoms with Crippen LogP contribution in [-0.4, -0.2) is 22.6 Å². The van der Waals surface area contributed by atoms with Crippen LogP contribution in [0.2, 0.25) is 0 Å². The van der Waals surface area contributed by atoms with Crippen molar-refractivity contribution >= 4 is 11.7 Å². The van der Waals surface area contributed by atoms with Gasteiger partial charge < -0.3 is 4.90 Å². The molecule has 2 aromatic carbocycles. The van der Waals surface area contributed by atoms with E-state index in [-0.39, 0.29) is 17.7 Å². The third-order valence-electron chi connectivity index (χ3n) is 4.76. The molecule has 0 saturated heterocycles. The molecule has 24 heavy (non-hydrogen) atoms. The number of amides is 1. The van der Waals surface area contributed by atoms with E-state index in [0.717, 1.165) is 18.4 Å². The minimum absolute atomic E-state index is 0.0223. The molecule has 1 amide bonds. The maximum Gasteiger partial charge on any atom is 0.220 e. The zero-order chi connectivity index (χ0) is 16.9. The normalized spacial score (nSPS) is 16.5.